The Kier molecular flexibility index (Phi) is 3.05. The van der Waals surface area contributed by atoms with Crippen LogP contribution >= 0.6 is 0 Å². The molecule has 1 aromatic rings. The molecule has 12 heavy (non-hydrogen) atoms. The summed E-state index contributed by atoms with van der Waals surface area (Å²) in [5.41, 5.74) is 1.71. The second-order valence-corrected chi connectivity index (χ2v) is 2.56. The van der Waals surface area contributed by atoms with Crippen LogP contribution < -0.4 is 0 Å². The fraction of sp³-hybridized carbons (Fsp3) is 0.444. The van der Waals surface area contributed by atoms with E-state index in [-0.39, 0.29) is 0 Å². The summed E-state index contributed by atoms with van der Waals surface area (Å²) in [7, 11) is 1.86. The Balaban J connectivity index is 2.72. The molecule has 0 aliphatic heterocycles. The molecule has 0 saturated heterocycles. The van der Waals surface area contributed by atoms with Gasteiger partial charge < -0.3 is 9.30 Å². The van der Waals surface area contributed by atoms with Crippen molar-refractivity contribution in [2.75, 3.05) is 6.61 Å². The summed E-state index contributed by atoms with van der Waals surface area (Å²) in [4.78, 5) is 10.5. The highest BCUT2D eigenvalue weighted by molar-refractivity contribution is 5.72. The number of nitrogens with zero attached hydrogens (tertiary/aromatic N) is 1. The van der Waals surface area contributed by atoms with Gasteiger partial charge in [0.25, 0.3) is 0 Å². The third kappa shape index (κ3) is 1.74. The first-order chi connectivity index (χ1) is 5.79. The van der Waals surface area contributed by atoms with Crippen LogP contribution in [0.25, 0.3) is 0 Å². The molecule has 0 aromatic carbocycles. The average Bonchev–Trinajstić information content (AvgIpc) is 2.43. The zero-order chi connectivity index (χ0) is 8.97. The van der Waals surface area contributed by atoms with Crippen molar-refractivity contribution in [2.45, 2.75) is 13.5 Å². The standard InChI is InChI=1S/C9H13NO2/c1-3-12-7-9-5-4-8(6-11)10(9)2/h4-6H,3,7H2,1-2H3. The van der Waals surface area contributed by atoms with E-state index in [0.29, 0.717) is 18.9 Å². The van der Waals surface area contributed by atoms with Crippen molar-refractivity contribution in [3.8, 4) is 0 Å². The summed E-state index contributed by atoms with van der Waals surface area (Å²) in [5.74, 6) is 0. The van der Waals surface area contributed by atoms with Crippen molar-refractivity contribution in [2.24, 2.45) is 7.05 Å². The van der Waals surface area contributed by atoms with Crippen molar-refractivity contribution in [1.29, 1.82) is 0 Å². The fourth-order valence-electron chi connectivity index (χ4n) is 1.04. The van der Waals surface area contributed by atoms with Crippen molar-refractivity contribution in [1.82, 2.24) is 4.57 Å². The SMILES string of the molecule is CCOCc1ccc(C=O)n1C. The minimum Gasteiger partial charge on any atom is -0.376 e. The Morgan fingerprint density at radius 2 is 2.33 bits per heavy atom. The van der Waals surface area contributed by atoms with Gasteiger partial charge >= 0.3 is 0 Å². The highest BCUT2D eigenvalue weighted by Crippen LogP contribution is 2.05. The largest absolute Gasteiger partial charge is 0.376 e. The lowest BCUT2D eigenvalue weighted by atomic mass is 10.4. The van der Waals surface area contributed by atoms with E-state index in [1.54, 1.807) is 6.07 Å². The number of rotatable bonds is 4. The molecule has 1 rings (SSSR count). The maximum absolute atomic E-state index is 10.5. The van der Waals surface area contributed by atoms with E-state index in [0.717, 1.165) is 12.0 Å². The number of ether oxygens (including phenoxy) is 1. The summed E-state index contributed by atoms with van der Waals surface area (Å²) in [5, 5.41) is 0. The molecule has 0 radical (unpaired) electrons. The van der Waals surface area contributed by atoms with E-state index in [1.165, 1.54) is 0 Å². The second-order valence-electron chi connectivity index (χ2n) is 2.56. The lowest BCUT2D eigenvalue weighted by Gasteiger charge is -2.03. The van der Waals surface area contributed by atoms with E-state index in [9.17, 15) is 4.79 Å². The van der Waals surface area contributed by atoms with Gasteiger partial charge in [0.05, 0.1) is 12.3 Å². The molecule has 0 spiro atoms. The van der Waals surface area contributed by atoms with Crippen LogP contribution in [-0.4, -0.2) is 17.5 Å². The molecular weight excluding hydrogens is 154 g/mol. The third-order valence-corrected chi connectivity index (χ3v) is 1.84. The molecule has 1 aromatic heterocycles. The van der Waals surface area contributed by atoms with Crippen LogP contribution in [0.2, 0.25) is 0 Å². The summed E-state index contributed by atoms with van der Waals surface area (Å²) in [6, 6.07) is 3.70. The first-order valence-electron chi connectivity index (χ1n) is 3.97. The van der Waals surface area contributed by atoms with E-state index in [4.69, 9.17) is 4.74 Å². The summed E-state index contributed by atoms with van der Waals surface area (Å²) < 4.78 is 7.06. The lowest BCUT2D eigenvalue weighted by molar-refractivity contribution is 0.111. The summed E-state index contributed by atoms with van der Waals surface area (Å²) in [6.07, 6.45) is 0.843. The molecule has 0 atom stereocenters. The Labute approximate surface area is 72.0 Å². The number of carbonyl (C=O) groups excluding carboxylic acids is 1. The number of aldehydes is 1. The molecule has 3 heteroatoms. The van der Waals surface area contributed by atoms with Gasteiger partial charge in [-0.2, -0.15) is 0 Å². The van der Waals surface area contributed by atoms with Crippen molar-refractivity contribution in [3.05, 3.63) is 23.5 Å². The molecule has 66 valence electrons. The molecule has 1 heterocycles. The lowest BCUT2D eigenvalue weighted by Crippen LogP contribution is -2.02. The Morgan fingerprint density at radius 3 is 2.83 bits per heavy atom. The van der Waals surface area contributed by atoms with Gasteiger partial charge in [0, 0.05) is 19.3 Å². The van der Waals surface area contributed by atoms with E-state index < -0.39 is 0 Å². The Morgan fingerprint density at radius 1 is 1.58 bits per heavy atom. The van der Waals surface area contributed by atoms with Gasteiger partial charge in [-0.25, -0.2) is 0 Å². The molecule has 0 aliphatic rings. The van der Waals surface area contributed by atoms with Gasteiger partial charge in [0.2, 0.25) is 0 Å². The minimum absolute atomic E-state index is 0.570. The van der Waals surface area contributed by atoms with Crippen LogP contribution in [0.5, 0.6) is 0 Å². The third-order valence-electron chi connectivity index (χ3n) is 1.84. The monoisotopic (exact) mass is 167 g/mol. The number of aromatic nitrogens is 1. The molecule has 0 aliphatic carbocycles. The molecule has 3 nitrogen and oxygen atoms in total. The zero-order valence-electron chi connectivity index (χ0n) is 7.41. The quantitative estimate of drug-likeness (QED) is 0.634. The van der Waals surface area contributed by atoms with Gasteiger partial charge in [-0.05, 0) is 19.1 Å². The van der Waals surface area contributed by atoms with Gasteiger partial charge in [-0.1, -0.05) is 0 Å². The Hall–Kier alpha value is -1.09. The molecule has 0 fully saturated rings. The number of carbonyl (C=O) groups is 1. The maximum atomic E-state index is 10.5. The predicted octanol–water partition coefficient (Wildman–Crippen LogP) is 1.37. The van der Waals surface area contributed by atoms with Crippen molar-refractivity contribution < 1.29 is 9.53 Å². The van der Waals surface area contributed by atoms with Crippen LogP contribution in [0.3, 0.4) is 0 Å². The average molecular weight is 167 g/mol. The van der Waals surface area contributed by atoms with Crippen LogP contribution in [0, 0.1) is 0 Å². The van der Waals surface area contributed by atoms with Gasteiger partial charge in [0.15, 0.2) is 6.29 Å². The molecule has 0 unspecified atom stereocenters. The van der Waals surface area contributed by atoms with Crippen LogP contribution in [0.1, 0.15) is 23.1 Å². The van der Waals surface area contributed by atoms with Gasteiger partial charge in [-0.15, -0.1) is 0 Å². The molecular formula is C9H13NO2. The molecule has 0 amide bonds. The topological polar surface area (TPSA) is 31.2 Å². The molecule has 0 saturated carbocycles. The fourth-order valence-corrected chi connectivity index (χ4v) is 1.04. The summed E-state index contributed by atoms with van der Waals surface area (Å²) in [6.45, 7) is 3.21. The second kappa shape index (κ2) is 4.07. The van der Waals surface area contributed by atoms with Crippen molar-refractivity contribution in [3.63, 3.8) is 0 Å². The zero-order valence-corrected chi connectivity index (χ0v) is 7.41. The predicted molar refractivity (Wildman–Crippen MR) is 46.1 cm³/mol. The van der Waals surface area contributed by atoms with Crippen molar-refractivity contribution >= 4 is 6.29 Å². The molecule has 0 bridgehead atoms. The highest BCUT2D eigenvalue weighted by atomic mass is 16.5. The van der Waals surface area contributed by atoms with E-state index in [1.807, 2.05) is 24.6 Å². The number of hydrogen-bond acceptors (Lipinski definition) is 2. The maximum Gasteiger partial charge on any atom is 0.166 e. The van der Waals surface area contributed by atoms with E-state index in [2.05, 4.69) is 0 Å². The first kappa shape index (κ1) is 9.00. The smallest absolute Gasteiger partial charge is 0.166 e. The minimum atomic E-state index is 0.570. The van der Waals surface area contributed by atoms with Gasteiger partial charge in [-0.3, -0.25) is 4.79 Å². The number of hydrogen-bond donors (Lipinski definition) is 0. The van der Waals surface area contributed by atoms with E-state index >= 15 is 0 Å². The normalized spacial score (nSPS) is 10.2. The van der Waals surface area contributed by atoms with Crippen LogP contribution in [0.4, 0.5) is 0 Å². The summed E-state index contributed by atoms with van der Waals surface area (Å²) >= 11 is 0. The van der Waals surface area contributed by atoms with Crippen LogP contribution in [0.15, 0.2) is 12.1 Å². The molecule has 0 N–H and O–H groups in total. The highest BCUT2D eigenvalue weighted by Gasteiger charge is 2.02. The first-order valence-corrected chi connectivity index (χ1v) is 3.97. The van der Waals surface area contributed by atoms with Crippen LogP contribution in [-0.2, 0) is 18.4 Å². The Bertz CT molecular complexity index is 265. The van der Waals surface area contributed by atoms with Gasteiger partial charge in [0.1, 0.15) is 0 Å².